The summed E-state index contributed by atoms with van der Waals surface area (Å²) >= 11 is 0. The van der Waals surface area contributed by atoms with Crippen LogP contribution in [-0.2, 0) is 27.9 Å². The first kappa shape index (κ1) is 52.6. The van der Waals surface area contributed by atoms with Crippen molar-refractivity contribution >= 4 is 13.8 Å². The molecule has 0 aromatic rings. The largest absolute Gasteiger partial charge is 0.472 e. The molecule has 6 N–H and O–H groups in total. The molecule has 1 aliphatic carbocycles. The standard InChI is InChI=1S/C43H79O12P/c1-3-5-7-9-11-13-15-16-17-18-19-20-21-22-23-24-26-28-30-32-37(44)54-36(34-52-33-31-29-27-25-14-12-10-8-6-4-2)35-53-56(50,51)55-43-41(48)39(46)38(45)40(47)42(43)49/h11,13,16-17,19-20,36,38-43,45-49H,3-10,12,14-15,18,21-35H2,1-2H3,(H,50,51)/b13-11-,17-16-,20-19-. The number of phosphoric acid groups is 1. The highest BCUT2D eigenvalue weighted by Crippen LogP contribution is 2.47. The molecule has 0 radical (unpaired) electrons. The minimum absolute atomic E-state index is 0.0806. The molecule has 1 aliphatic rings. The van der Waals surface area contributed by atoms with Gasteiger partial charge in [-0.3, -0.25) is 13.8 Å². The molecule has 12 nitrogen and oxygen atoms in total. The predicted octanol–water partition coefficient (Wildman–Crippen LogP) is 8.31. The van der Waals surface area contributed by atoms with Crippen LogP contribution in [0.3, 0.4) is 0 Å². The van der Waals surface area contributed by atoms with Crippen molar-refractivity contribution in [3.8, 4) is 0 Å². The lowest BCUT2D eigenvalue weighted by Gasteiger charge is -2.41. The molecule has 56 heavy (non-hydrogen) atoms. The molecular formula is C43H79O12P. The maximum atomic E-state index is 12.8. The smallest absolute Gasteiger partial charge is 0.457 e. The first-order valence-electron chi connectivity index (χ1n) is 21.8. The van der Waals surface area contributed by atoms with Crippen LogP contribution in [0.5, 0.6) is 0 Å². The Morgan fingerprint density at radius 3 is 1.55 bits per heavy atom. The highest BCUT2D eigenvalue weighted by molar-refractivity contribution is 7.47. The van der Waals surface area contributed by atoms with E-state index in [0.29, 0.717) is 13.0 Å². The normalized spacial score (nSPS) is 23.4. The van der Waals surface area contributed by atoms with Crippen LogP contribution in [0.25, 0.3) is 0 Å². The van der Waals surface area contributed by atoms with Gasteiger partial charge in [0.2, 0.25) is 0 Å². The van der Waals surface area contributed by atoms with Crippen molar-refractivity contribution in [2.75, 3.05) is 19.8 Å². The average molecular weight is 819 g/mol. The summed E-state index contributed by atoms with van der Waals surface area (Å²) in [5.74, 6) is -0.490. The van der Waals surface area contributed by atoms with Gasteiger partial charge in [-0.05, 0) is 51.4 Å². The van der Waals surface area contributed by atoms with E-state index in [9.17, 15) is 39.8 Å². The van der Waals surface area contributed by atoms with E-state index in [0.717, 1.165) is 70.6 Å². The second kappa shape index (κ2) is 34.4. The minimum Gasteiger partial charge on any atom is -0.457 e. The van der Waals surface area contributed by atoms with E-state index in [2.05, 4.69) is 50.3 Å². The Kier molecular flexibility index (Phi) is 32.3. The lowest BCUT2D eigenvalue weighted by Crippen LogP contribution is -2.64. The van der Waals surface area contributed by atoms with E-state index in [1.54, 1.807) is 0 Å². The third kappa shape index (κ3) is 26.5. The number of rotatable bonds is 36. The van der Waals surface area contributed by atoms with Gasteiger partial charge in [-0.25, -0.2) is 4.57 Å². The zero-order valence-corrected chi connectivity index (χ0v) is 35.6. The molecule has 0 spiro atoms. The van der Waals surface area contributed by atoms with Gasteiger partial charge in [-0.15, -0.1) is 0 Å². The molecule has 1 rings (SSSR count). The first-order chi connectivity index (χ1) is 27.0. The van der Waals surface area contributed by atoms with Gasteiger partial charge in [0.15, 0.2) is 0 Å². The Balaban J connectivity index is 2.41. The lowest BCUT2D eigenvalue weighted by atomic mass is 9.85. The summed E-state index contributed by atoms with van der Waals surface area (Å²) in [4.78, 5) is 23.1. The molecule has 0 heterocycles. The van der Waals surface area contributed by atoms with Crippen molar-refractivity contribution in [2.24, 2.45) is 0 Å². The minimum atomic E-state index is -5.01. The van der Waals surface area contributed by atoms with Gasteiger partial charge in [0.25, 0.3) is 0 Å². The fourth-order valence-electron chi connectivity index (χ4n) is 6.48. The highest BCUT2D eigenvalue weighted by Gasteiger charge is 2.51. The molecule has 13 heteroatoms. The van der Waals surface area contributed by atoms with Crippen LogP contribution >= 0.6 is 7.82 Å². The highest BCUT2D eigenvalue weighted by atomic mass is 31.2. The van der Waals surface area contributed by atoms with Gasteiger partial charge in [0.1, 0.15) is 42.7 Å². The molecule has 0 amide bonds. The summed E-state index contributed by atoms with van der Waals surface area (Å²) in [6, 6.07) is 0. The number of allylic oxidation sites excluding steroid dienone is 6. The predicted molar refractivity (Wildman–Crippen MR) is 221 cm³/mol. The van der Waals surface area contributed by atoms with Gasteiger partial charge < -0.3 is 39.9 Å². The van der Waals surface area contributed by atoms with Gasteiger partial charge in [-0.2, -0.15) is 0 Å². The maximum Gasteiger partial charge on any atom is 0.472 e. The second-order valence-electron chi connectivity index (χ2n) is 15.2. The van der Waals surface area contributed by atoms with Crippen LogP contribution in [-0.4, -0.2) is 98.9 Å². The number of carbonyl (C=O) groups is 1. The lowest BCUT2D eigenvalue weighted by molar-refractivity contribution is -0.220. The van der Waals surface area contributed by atoms with Gasteiger partial charge in [0.05, 0.1) is 13.2 Å². The Morgan fingerprint density at radius 1 is 0.571 bits per heavy atom. The molecule has 1 fully saturated rings. The number of hydrogen-bond acceptors (Lipinski definition) is 11. The summed E-state index contributed by atoms with van der Waals surface area (Å²) in [6.45, 7) is 4.19. The van der Waals surface area contributed by atoms with Crippen LogP contribution in [0.2, 0.25) is 0 Å². The topological polar surface area (TPSA) is 192 Å². The zero-order valence-electron chi connectivity index (χ0n) is 34.7. The molecule has 6 atom stereocenters. The number of unbranched alkanes of at least 4 members (excludes halogenated alkanes) is 18. The number of hydrogen-bond donors (Lipinski definition) is 6. The molecule has 1 saturated carbocycles. The first-order valence-corrected chi connectivity index (χ1v) is 23.3. The summed E-state index contributed by atoms with van der Waals surface area (Å²) in [7, 11) is -5.01. The van der Waals surface area contributed by atoms with Crippen LogP contribution in [0.4, 0.5) is 0 Å². The Morgan fingerprint density at radius 2 is 1.00 bits per heavy atom. The van der Waals surface area contributed by atoms with Crippen LogP contribution in [0.15, 0.2) is 36.5 Å². The monoisotopic (exact) mass is 819 g/mol. The molecule has 6 unspecified atom stereocenters. The van der Waals surface area contributed by atoms with Gasteiger partial charge >= 0.3 is 13.8 Å². The second-order valence-corrected chi connectivity index (χ2v) is 16.6. The number of aliphatic hydroxyl groups excluding tert-OH is 5. The molecular weight excluding hydrogens is 739 g/mol. The quantitative estimate of drug-likeness (QED) is 0.0154. The molecule has 328 valence electrons. The van der Waals surface area contributed by atoms with Crippen molar-refractivity contribution in [3.63, 3.8) is 0 Å². The maximum absolute atomic E-state index is 12.8. The van der Waals surface area contributed by atoms with Crippen molar-refractivity contribution in [1.29, 1.82) is 0 Å². The molecule has 0 saturated heterocycles. The number of ether oxygens (including phenoxy) is 2. The number of esters is 1. The third-order valence-corrected chi connectivity index (χ3v) is 11.0. The molecule has 0 aromatic carbocycles. The summed E-state index contributed by atoms with van der Waals surface area (Å²) < 4.78 is 34.0. The summed E-state index contributed by atoms with van der Waals surface area (Å²) in [5.41, 5.74) is 0. The Hall–Kier alpha value is -1.44. The van der Waals surface area contributed by atoms with E-state index in [1.807, 2.05) is 0 Å². The van der Waals surface area contributed by atoms with Crippen LogP contribution in [0, 0.1) is 0 Å². The SMILES string of the molecule is CCCCC/C=C\C/C=C\C/C=C\CCCCCCCCC(=O)OC(COCCCCCCCCCCCC)COP(=O)(O)OC1C(O)C(O)C(O)C(O)C1O. The number of carbonyl (C=O) groups excluding carboxylic acids is 1. The Labute approximate surface area is 338 Å². The van der Waals surface area contributed by atoms with E-state index >= 15 is 0 Å². The average Bonchev–Trinajstić information content (AvgIpc) is 3.18. The fraction of sp³-hybridized carbons (Fsp3) is 0.837. The molecule has 0 aliphatic heterocycles. The Bertz CT molecular complexity index is 1070. The van der Waals surface area contributed by atoms with Gasteiger partial charge in [-0.1, -0.05) is 147 Å². The van der Waals surface area contributed by atoms with Crippen molar-refractivity contribution in [2.45, 2.75) is 211 Å². The van der Waals surface area contributed by atoms with Crippen LogP contribution in [0.1, 0.15) is 168 Å². The van der Waals surface area contributed by atoms with E-state index in [4.69, 9.17) is 18.5 Å². The third-order valence-electron chi connectivity index (χ3n) is 10.0. The van der Waals surface area contributed by atoms with Crippen molar-refractivity contribution in [3.05, 3.63) is 36.5 Å². The summed E-state index contributed by atoms with van der Waals surface area (Å²) in [5, 5.41) is 50.0. The molecule has 0 aromatic heterocycles. The van der Waals surface area contributed by atoms with E-state index in [-0.39, 0.29) is 13.0 Å². The van der Waals surface area contributed by atoms with Crippen molar-refractivity contribution in [1.82, 2.24) is 0 Å². The van der Waals surface area contributed by atoms with E-state index < -0.39 is 63.1 Å². The zero-order chi connectivity index (χ0) is 41.3. The fourth-order valence-corrected chi connectivity index (χ4v) is 7.45. The van der Waals surface area contributed by atoms with Gasteiger partial charge in [0, 0.05) is 13.0 Å². The summed E-state index contributed by atoms with van der Waals surface area (Å²) in [6.07, 6.45) is 26.5. The molecule has 0 bridgehead atoms. The van der Waals surface area contributed by atoms with E-state index in [1.165, 1.54) is 70.6 Å². The number of aliphatic hydroxyl groups is 5. The number of phosphoric ester groups is 1. The van der Waals surface area contributed by atoms with Crippen molar-refractivity contribution < 1.29 is 58.3 Å². The van der Waals surface area contributed by atoms with Crippen LogP contribution < -0.4 is 0 Å².